The second-order valence-electron chi connectivity index (χ2n) is 8.20. The van der Waals surface area contributed by atoms with E-state index in [0.29, 0.717) is 12.2 Å². The van der Waals surface area contributed by atoms with E-state index in [0.717, 1.165) is 0 Å². The molecule has 6 nitrogen and oxygen atoms in total. The molecule has 8 heteroatoms. The molecule has 0 spiro atoms. The van der Waals surface area contributed by atoms with Crippen molar-refractivity contribution in [2.24, 2.45) is 0 Å². The van der Waals surface area contributed by atoms with E-state index >= 15 is 0 Å². The minimum Gasteiger partial charge on any atom is -0.491 e. The summed E-state index contributed by atoms with van der Waals surface area (Å²) in [7, 11) is -3.79. The first-order valence-corrected chi connectivity index (χ1v) is 11.3. The van der Waals surface area contributed by atoms with Gasteiger partial charge >= 0.3 is 6.09 Å². The zero-order chi connectivity index (χ0) is 21.9. The number of rotatable bonds is 5. The predicted molar refractivity (Wildman–Crippen MR) is 110 cm³/mol. The van der Waals surface area contributed by atoms with Gasteiger partial charge in [0.1, 0.15) is 29.1 Å². The first-order chi connectivity index (χ1) is 14.1. The van der Waals surface area contributed by atoms with Crippen molar-refractivity contribution in [3.8, 4) is 5.75 Å². The van der Waals surface area contributed by atoms with Gasteiger partial charge in [-0.3, -0.25) is 4.90 Å². The molecule has 0 N–H and O–H groups in total. The molecular formula is C22H26FNO5S. The van der Waals surface area contributed by atoms with Crippen LogP contribution in [0.25, 0.3) is 0 Å². The highest BCUT2D eigenvalue weighted by molar-refractivity contribution is 7.92. The number of halogens is 1. The van der Waals surface area contributed by atoms with Crippen LogP contribution in [0, 0.1) is 5.82 Å². The molecule has 0 aromatic heterocycles. The number of hydrogen-bond acceptors (Lipinski definition) is 5. The number of ether oxygens (including phenoxy) is 2. The highest BCUT2D eigenvalue weighted by Gasteiger charge is 2.46. The maximum absolute atomic E-state index is 13.2. The third-order valence-corrected chi connectivity index (χ3v) is 6.85. The highest BCUT2D eigenvalue weighted by atomic mass is 32.2. The average molecular weight is 436 g/mol. The van der Waals surface area contributed by atoms with E-state index in [2.05, 4.69) is 0 Å². The van der Waals surface area contributed by atoms with Gasteiger partial charge in [0, 0.05) is 0 Å². The summed E-state index contributed by atoms with van der Waals surface area (Å²) in [5.41, 5.74) is -0.775. The van der Waals surface area contributed by atoms with Gasteiger partial charge in [-0.1, -0.05) is 18.2 Å². The Bertz CT molecular complexity index is 971. The van der Waals surface area contributed by atoms with Crippen LogP contribution in [0.15, 0.2) is 59.5 Å². The van der Waals surface area contributed by atoms with Crippen molar-refractivity contribution in [3.05, 3.63) is 60.4 Å². The zero-order valence-corrected chi connectivity index (χ0v) is 18.1. The van der Waals surface area contributed by atoms with Gasteiger partial charge in [-0.25, -0.2) is 17.6 Å². The fraction of sp³-hybridized carbons (Fsp3) is 0.409. The maximum atomic E-state index is 13.2. The SMILES string of the molecule is CC(C)(C)OC(=O)N1C(S(=O)(=O)c2ccccc2)CC[C@H]1COc1ccc(F)cc1. The molecule has 1 amide bonds. The number of carbonyl (C=O) groups is 1. The third kappa shape index (κ3) is 5.11. The van der Waals surface area contributed by atoms with Crippen molar-refractivity contribution in [2.75, 3.05) is 6.61 Å². The van der Waals surface area contributed by atoms with E-state index in [1.165, 1.54) is 41.3 Å². The normalized spacial score (nSPS) is 19.5. The van der Waals surface area contributed by atoms with E-state index < -0.39 is 32.9 Å². The molecule has 0 saturated carbocycles. The lowest BCUT2D eigenvalue weighted by molar-refractivity contribution is 0.0158. The molecule has 2 aromatic rings. The molecule has 30 heavy (non-hydrogen) atoms. The van der Waals surface area contributed by atoms with Crippen LogP contribution in [-0.4, -0.2) is 43.0 Å². The Morgan fingerprint density at radius 2 is 1.70 bits per heavy atom. The number of carbonyl (C=O) groups excluding carboxylic acids is 1. The van der Waals surface area contributed by atoms with Crippen molar-refractivity contribution in [1.82, 2.24) is 4.90 Å². The van der Waals surface area contributed by atoms with Gasteiger partial charge < -0.3 is 9.47 Å². The lowest BCUT2D eigenvalue weighted by atomic mass is 10.2. The second kappa shape index (κ2) is 8.63. The lowest BCUT2D eigenvalue weighted by Gasteiger charge is -2.32. The number of hydrogen-bond donors (Lipinski definition) is 0. The minimum atomic E-state index is -3.79. The summed E-state index contributed by atoms with van der Waals surface area (Å²) in [5, 5.41) is -1.04. The van der Waals surface area contributed by atoms with Gasteiger partial charge in [-0.2, -0.15) is 0 Å². The van der Waals surface area contributed by atoms with Crippen LogP contribution in [0.1, 0.15) is 33.6 Å². The number of likely N-dealkylation sites (tertiary alicyclic amines) is 1. The predicted octanol–water partition coefficient (Wildman–Crippen LogP) is 4.40. The Morgan fingerprint density at radius 1 is 1.07 bits per heavy atom. The smallest absolute Gasteiger partial charge is 0.411 e. The first-order valence-electron chi connectivity index (χ1n) is 9.76. The maximum Gasteiger partial charge on any atom is 0.411 e. The molecular weight excluding hydrogens is 409 g/mol. The van der Waals surface area contributed by atoms with Crippen LogP contribution in [0.4, 0.5) is 9.18 Å². The van der Waals surface area contributed by atoms with Gasteiger partial charge in [-0.15, -0.1) is 0 Å². The Labute approximate surface area is 176 Å². The molecule has 0 aliphatic carbocycles. The number of benzene rings is 2. The van der Waals surface area contributed by atoms with Crippen LogP contribution in [0.3, 0.4) is 0 Å². The zero-order valence-electron chi connectivity index (χ0n) is 17.2. The van der Waals surface area contributed by atoms with Crippen molar-refractivity contribution < 1.29 is 27.1 Å². The molecule has 1 unspecified atom stereocenters. The number of nitrogens with zero attached hydrogens (tertiary/aromatic N) is 1. The van der Waals surface area contributed by atoms with Gasteiger partial charge in [0.15, 0.2) is 9.84 Å². The minimum absolute atomic E-state index is 0.0751. The molecule has 2 aromatic carbocycles. The molecule has 1 saturated heterocycles. The molecule has 1 aliphatic heterocycles. The molecule has 1 fully saturated rings. The molecule has 0 radical (unpaired) electrons. The summed E-state index contributed by atoms with van der Waals surface area (Å²) >= 11 is 0. The fourth-order valence-corrected chi connectivity index (χ4v) is 5.24. The summed E-state index contributed by atoms with van der Waals surface area (Å²) < 4.78 is 50.8. The number of amides is 1. The molecule has 0 bridgehead atoms. The quantitative estimate of drug-likeness (QED) is 0.696. The van der Waals surface area contributed by atoms with E-state index in [1.54, 1.807) is 39.0 Å². The average Bonchev–Trinajstić information content (AvgIpc) is 3.12. The molecule has 3 rings (SSSR count). The van der Waals surface area contributed by atoms with Crippen LogP contribution in [-0.2, 0) is 14.6 Å². The molecule has 1 heterocycles. The Kier molecular flexibility index (Phi) is 6.36. The van der Waals surface area contributed by atoms with Crippen LogP contribution >= 0.6 is 0 Å². The number of sulfone groups is 1. The van der Waals surface area contributed by atoms with Crippen molar-refractivity contribution in [3.63, 3.8) is 0 Å². The topological polar surface area (TPSA) is 72.9 Å². The lowest BCUT2D eigenvalue weighted by Crippen LogP contribution is -2.48. The third-order valence-electron chi connectivity index (χ3n) is 4.74. The Balaban J connectivity index is 1.85. The molecule has 1 aliphatic rings. The molecule has 162 valence electrons. The first kappa shape index (κ1) is 22.1. The van der Waals surface area contributed by atoms with E-state index in [1.807, 2.05) is 0 Å². The summed E-state index contributed by atoms with van der Waals surface area (Å²) in [6.07, 6.45) is 0.0164. The van der Waals surface area contributed by atoms with Gasteiger partial charge in [0.2, 0.25) is 0 Å². The largest absolute Gasteiger partial charge is 0.491 e. The van der Waals surface area contributed by atoms with Crippen molar-refractivity contribution in [1.29, 1.82) is 0 Å². The summed E-state index contributed by atoms with van der Waals surface area (Å²) in [5.74, 6) is 0.0579. The van der Waals surface area contributed by atoms with E-state index in [4.69, 9.17) is 9.47 Å². The second-order valence-corrected chi connectivity index (χ2v) is 10.3. The Hall–Kier alpha value is -2.61. The van der Waals surface area contributed by atoms with Gasteiger partial charge in [0.05, 0.1) is 10.9 Å². The summed E-state index contributed by atoms with van der Waals surface area (Å²) in [4.78, 5) is 14.4. The monoisotopic (exact) mass is 435 g/mol. The van der Waals surface area contributed by atoms with Crippen molar-refractivity contribution >= 4 is 15.9 Å². The van der Waals surface area contributed by atoms with Crippen LogP contribution in [0.2, 0.25) is 0 Å². The van der Waals surface area contributed by atoms with E-state index in [9.17, 15) is 17.6 Å². The van der Waals surface area contributed by atoms with Crippen LogP contribution in [0.5, 0.6) is 5.75 Å². The van der Waals surface area contributed by atoms with Crippen molar-refractivity contribution in [2.45, 2.75) is 55.5 Å². The summed E-state index contributed by atoms with van der Waals surface area (Å²) in [6.45, 7) is 5.26. The van der Waals surface area contributed by atoms with Gasteiger partial charge in [0.25, 0.3) is 0 Å². The van der Waals surface area contributed by atoms with Gasteiger partial charge in [-0.05, 0) is 70.0 Å². The highest BCUT2D eigenvalue weighted by Crippen LogP contribution is 2.33. The summed E-state index contributed by atoms with van der Waals surface area (Å²) in [6, 6.07) is 13.1. The standard InChI is InChI=1S/C22H26FNO5S/c1-22(2,3)29-21(25)24-17(15-28-18-12-9-16(23)10-13-18)11-14-20(24)30(26,27)19-7-5-4-6-8-19/h4-10,12-13,17,20H,11,14-15H2,1-3H3/t17-,20?/m0/s1. The fourth-order valence-electron chi connectivity index (χ4n) is 3.39. The Morgan fingerprint density at radius 3 is 2.30 bits per heavy atom. The van der Waals surface area contributed by atoms with Crippen LogP contribution < -0.4 is 4.74 Å². The molecule has 2 atom stereocenters. The van der Waals surface area contributed by atoms with E-state index in [-0.39, 0.29) is 23.7 Å².